The summed E-state index contributed by atoms with van der Waals surface area (Å²) in [6.07, 6.45) is 13.4. The fourth-order valence-electron chi connectivity index (χ4n) is 2.65. The van der Waals surface area contributed by atoms with Crippen LogP contribution in [-0.2, 0) is 4.79 Å². The summed E-state index contributed by atoms with van der Waals surface area (Å²) in [6.45, 7) is 2.25. The molecule has 0 aromatic carbocycles. The quantitative estimate of drug-likeness (QED) is 0.506. The van der Waals surface area contributed by atoms with E-state index in [1.54, 1.807) is 0 Å². The first-order valence-electron chi connectivity index (χ1n) is 7.92. The van der Waals surface area contributed by atoms with Gasteiger partial charge in [0.1, 0.15) is 5.78 Å². The minimum absolute atomic E-state index is 0.528. The molecule has 1 fully saturated rings. The Balaban J connectivity index is 1.90. The van der Waals surface area contributed by atoms with Crippen molar-refractivity contribution in [3.8, 4) is 0 Å². The van der Waals surface area contributed by atoms with E-state index in [2.05, 4.69) is 6.92 Å². The molecule has 1 aliphatic rings. The number of hydrogen-bond donors (Lipinski definition) is 0. The van der Waals surface area contributed by atoms with Crippen molar-refractivity contribution in [1.29, 1.82) is 0 Å². The lowest BCUT2D eigenvalue weighted by Crippen LogP contribution is -2.14. The molecule has 0 saturated carbocycles. The highest BCUT2D eigenvalue weighted by Gasteiger charge is 2.16. The molecular weight excluding hydrogens is 240 g/mol. The first-order chi connectivity index (χ1) is 8.83. The Hall–Kier alpha value is 0.0200. The van der Waals surface area contributed by atoms with E-state index in [0.717, 1.165) is 19.3 Å². The maximum absolute atomic E-state index is 11.8. The summed E-state index contributed by atoms with van der Waals surface area (Å²) in [5, 5.41) is 0. The molecule has 0 bridgehead atoms. The van der Waals surface area contributed by atoms with Gasteiger partial charge >= 0.3 is 0 Å². The second-order valence-electron chi connectivity index (χ2n) is 5.67. The second-order valence-corrected chi connectivity index (χ2v) is 6.89. The highest BCUT2D eigenvalue weighted by Crippen LogP contribution is 2.26. The summed E-state index contributed by atoms with van der Waals surface area (Å²) in [4.78, 5) is 11.8. The standard InChI is InChI=1S/C16H30OS/c1-2-3-4-5-6-7-8-9-16(17)14-15-10-12-18-13-11-15/h15H,2-14H2,1H3. The lowest BCUT2D eigenvalue weighted by atomic mass is 9.94. The third-order valence-corrected chi connectivity index (χ3v) is 4.97. The molecule has 0 unspecified atom stereocenters. The molecule has 18 heavy (non-hydrogen) atoms. The van der Waals surface area contributed by atoms with Gasteiger partial charge in [-0.25, -0.2) is 0 Å². The molecule has 1 rings (SSSR count). The monoisotopic (exact) mass is 270 g/mol. The van der Waals surface area contributed by atoms with Crippen LogP contribution < -0.4 is 0 Å². The number of hydrogen-bond acceptors (Lipinski definition) is 2. The number of rotatable bonds is 10. The molecule has 0 amide bonds. The zero-order chi connectivity index (χ0) is 13.1. The van der Waals surface area contributed by atoms with Crippen LogP contribution in [0, 0.1) is 5.92 Å². The van der Waals surface area contributed by atoms with Crippen molar-refractivity contribution in [2.24, 2.45) is 5.92 Å². The Kier molecular flexibility index (Phi) is 9.73. The van der Waals surface area contributed by atoms with Crippen molar-refractivity contribution < 1.29 is 4.79 Å². The molecule has 0 N–H and O–H groups in total. The Morgan fingerprint density at radius 1 is 1.00 bits per heavy atom. The Morgan fingerprint density at radius 2 is 1.61 bits per heavy atom. The lowest BCUT2D eigenvalue weighted by molar-refractivity contribution is -0.120. The van der Waals surface area contributed by atoms with E-state index in [0.29, 0.717) is 11.7 Å². The third kappa shape index (κ3) is 8.18. The molecule has 1 saturated heterocycles. The minimum atomic E-state index is 0.528. The van der Waals surface area contributed by atoms with E-state index in [9.17, 15) is 4.79 Å². The van der Waals surface area contributed by atoms with Crippen molar-refractivity contribution >= 4 is 17.5 Å². The Bertz CT molecular complexity index is 209. The van der Waals surface area contributed by atoms with E-state index in [1.165, 1.54) is 62.9 Å². The van der Waals surface area contributed by atoms with Gasteiger partial charge in [-0.05, 0) is 36.7 Å². The average molecular weight is 270 g/mol. The van der Waals surface area contributed by atoms with E-state index in [-0.39, 0.29) is 0 Å². The molecule has 0 radical (unpaired) electrons. The van der Waals surface area contributed by atoms with Crippen LogP contribution in [0.3, 0.4) is 0 Å². The molecule has 1 aliphatic heterocycles. The normalized spacial score (nSPS) is 16.9. The highest BCUT2D eigenvalue weighted by atomic mass is 32.2. The van der Waals surface area contributed by atoms with Crippen LogP contribution in [0.15, 0.2) is 0 Å². The number of thioether (sulfide) groups is 1. The van der Waals surface area contributed by atoms with Crippen molar-refractivity contribution in [3.05, 3.63) is 0 Å². The summed E-state index contributed by atoms with van der Waals surface area (Å²) in [5.41, 5.74) is 0. The summed E-state index contributed by atoms with van der Waals surface area (Å²) in [7, 11) is 0. The summed E-state index contributed by atoms with van der Waals surface area (Å²) in [5.74, 6) is 3.79. The zero-order valence-electron chi connectivity index (χ0n) is 12.1. The molecule has 106 valence electrons. The molecule has 2 heteroatoms. The van der Waals surface area contributed by atoms with Gasteiger partial charge in [-0.2, -0.15) is 11.8 Å². The minimum Gasteiger partial charge on any atom is -0.300 e. The van der Waals surface area contributed by atoms with Gasteiger partial charge in [0, 0.05) is 12.8 Å². The molecule has 1 heterocycles. The van der Waals surface area contributed by atoms with E-state index in [1.807, 2.05) is 11.8 Å². The van der Waals surface area contributed by atoms with Gasteiger partial charge in [-0.15, -0.1) is 0 Å². The lowest BCUT2D eigenvalue weighted by Gasteiger charge is -2.20. The Labute approximate surface area is 117 Å². The molecule has 0 aromatic rings. The van der Waals surface area contributed by atoms with Gasteiger partial charge < -0.3 is 0 Å². The largest absolute Gasteiger partial charge is 0.300 e. The number of carbonyl (C=O) groups excluding carboxylic acids is 1. The second kappa shape index (κ2) is 10.9. The summed E-state index contributed by atoms with van der Waals surface area (Å²) in [6, 6.07) is 0. The zero-order valence-corrected chi connectivity index (χ0v) is 12.9. The SMILES string of the molecule is CCCCCCCCCC(=O)CC1CCSCC1. The first-order valence-corrected chi connectivity index (χ1v) is 9.08. The number of unbranched alkanes of at least 4 members (excludes halogenated alkanes) is 6. The van der Waals surface area contributed by atoms with Gasteiger partial charge in [-0.1, -0.05) is 45.4 Å². The maximum Gasteiger partial charge on any atom is 0.133 e. The van der Waals surface area contributed by atoms with Crippen LogP contribution in [0.2, 0.25) is 0 Å². The molecule has 0 atom stereocenters. The highest BCUT2D eigenvalue weighted by molar-refractivity contribution is 7.99. The molecule has 0 aromatic heterocycles. The smallest absolute Gasteiger partial charge is 0.133 e. The number of ketones is 1. The molecule has 1 nitrogen and oxygen atoms in total. The fourth-order valence-corrected chi connectivity index (χ4v) is 3.86. The van der Waals surface area contributed by atoms with E-state index >= 15 is 0 Å². The van der Waals surface area contributed by atoms with Crippen LogP contribution in [0.4, 0.5) is 0 Å². The van der Waals surface area contributed by atoms with Crippen LogP contribution in [0.25, 0.3) is 0 Å². The average Bonchev–Trinajstić information content (AvgIpc) is 2.39. The first kappa shape index (κ1) is 16.1. The van der Waals surface area contributed by atoms with E-state index in [4.69, 9.17) is 0 Å². The fraction of sp³-hybridized carbons (Fsp3) is 0.938. The summed E-state index contributed by atoms with van der Waals surface area (Å²) >= 11 is 2.05. The number of carbonyl (C=O) groups is 1. The van der Waals surface area contributed by atoms with Crippen molar-refractivity contribution in [2.45, 2.75) is 77.6 Å². The van der Waals surface area contributed by atoms with Gasteiger partial charge in [0.2, 0.25) is 0 Å². The maximum atomic E-state index is 11.8. The van der Waals surface area contributed by atoms with Gasteiger partial charge in [0.25, 0.3) is 0 Å². The predicted octanol–water partition coefficient (Wildman–Crippen LogP) is 5.23. The molecule has 0 aliphatic carbocycles. The summed E-state index contributed by atoms with van der Waals surface area (Å²) < 4.78 is 0. The third-order valence-electron chi connectivity index (χ3n) is 3.92. The van der Waals surface area contributed by atoms with Crippen LogP contribution in [0.5, 0.6) is 0 Å². The Morgan fingerprint density at radius 3 is 2.28 bits per heavy atom. The van der Waals surface area contributed by atoms with Crippen molar-refractivity contribution in [1.82, 2.24) is 0 Å². The van der Waals surface area contributed by atoms with Crippen molar-refractivity contribution in [3.63, 3.8) is 0 Å². The van der Waals surface area contributed by atoms with Crippen LogP contribution in [-0.4, -0.2) is 17.3 Å². The molecular formula is C16H30OS. The van der Waals surface area contributed by atoms with Crippen molar-refractivity contribution in [2.75, 3.05) is 11.5 Å². The van der Waals surface area contributed by atoms with E-state index < -0.39 is 0 Å². The van der Waals surface area contributed by atoms with Gasteiger partial charge in [-0.3, -0.25) is 4.79 Å². The van der Waals surface area contributed by atoms with Crippen LogP contribution in [0.1, 0.15) is 77.6 Å². The van der Waals surface area contributed by atoms with Gasteiger partial charge in [0.15, 0.2) is 0 Å². The van der Waals surface area contributed by atoms with Crippen LogP contribution >= 0.6 is 11.8 Å². The molecule has 0 spiro atoms. The topological polar surface area (TPSA) is 17.1 Å². The number of Topliss-reactive ketones (excluding diaryl/α,β-unsaturated/α-hetero) is 1. The predicted molar refractivity (Wildman–Crippen MR) is 82.3 cm³/mol. The van der Waals surface area contributed by atoms with Gasteiger partial charge in [0.05, 0.1) is 0 Å².